The summed E-state index contributed by atoms with van der Waals surface area (Å²) in [6, 6.07) is 0. The average Bonchev–Trinajstić information content (AvgIpc) is 2.73. The van der Waals surface area contributed by atoms with Crippen molar-refractivity contribution in [3.05, 3.63) is 0 Å². The lowest BCUT2D eigenvalue weighted by Crippen LogP contribution is -2.36. The first-order valence-electron chi connectivity index (χ1n) is 11.6. The average molecular weight is 443 g/mol. The van der Waals surface area contributed by atoms with Crippen LogP contribution in [0.3, 0.4) is 0 Å². The lowest BCUT2D eigenvalue weighted by atomic mass is 9.75. The Morgan fingerprint density at radius 2 is 0.968 bits per heavy atom. The van der Waals surface area contributed by atoms with Gasteiger partial charge in [0.15, 0.2) is 0 Å². The molecule has 8 nitrogen and oxygen atoms in total. The fourth-order valence-corrected chi connectivity index (χ4v) is 3.87. The Bertz CT molecular complexity index is 566. The van der Waals surface area contributed by atoms with Gasteiger partial charge >= 0.3 is 23.9 Å². The molecular weight excluding hydrogens is 404 g/mol. The standard InChI is InChI=1S/C23H38O8/c24-19(25)11-5-2-1-3-6-13-21(28)30-17-23(15-9-4-10-16-23)18-31-22(29)14-8-7-12-20(26)27/h1-18H2,(H,24,25)(H,26,27). The number of hydrogen-bond donors (Lipinski definition) is 2. The first-order chi connectivity index (χ1) is 14.8. The maximum absolute atomic E-state index is 12.1. The van der Waals surface area contributed by atoms with Gasteiger partial charge in [-0.1, -0.05) is 38.5 Å². The molecule has 0 spiro atoms. The summed E-state index contributed by atoms with van der Waals surface area (Å²) in [7, 11) is 0. The molecular formula is C23H38O8. The molecule has 0 radical (unpaired) electrons. The van der Waals surface area contributed by atoms with E-state index in [1.165, 1.54) is 0 Å². The summed E-state index contributed by atoms with van der Waals surface area (Å²) < 4.78 is 11.0. The van der Waals surface area contributed by atoms with E-state index in [0.29, 0.717) is 25.7 Å². The topological polar surface area (TPSA) is 127 Å². The smallest absolute Gasteiger partial charge is 0.305 e. The molecule has 1 saturated carbocycles. The van der Waals surface area contributed by atoms with Gasteiger partial charge in [-0.25, -0.2) is 0 Å². The van der Waals surface area contributed by atoms with Crippen LogP contribution in [0.1, 0.15) is 103 Å². The zero-order chi connectivity index (χ0) is 23.0. The third-order valence-corrected chi connectivity index (χ3v) is 5.79. The Balaban J connectivity index is 2.26. The van der Waals surface area contributed by atoms with Crippen molar-refractivity contribution in [3.63, 3.8) is 0 Å². The van der Waals surface area contributed by atoms with Crippen LogP contribution in [0.25, 0.3) is 0 Å². The Kier molecular flexibility index (Phi) is 13.6. The van der Waals surface area contributed by atoms with Crippen LogP contribution >= 0.6 is 0 Å². The number of carboxylic acids is 2. The predicted octanol–water partition coefficient (Wildman–Crippen LogP) is 4.48. The Hall–Kier alpha value is -2.12. The summed E-state index contributed by atoms with van der Waals surface area (Å²) in [5, 5.41) is 17.2. The lowest BCUT2D eigenvalue weighted by Gasteiger charge is -2.36. The monoisotopic (exact) mass is 442 g/mol. The number of hydrogen-bond acceptors (Lipinski definition) is 6. The molecule has 0 unspecified atom stereocenters. The summed E-state index contributed by atoms with van der Waals surface area (Å²) >= 11 is 0. The molecule has 1 aliphatic carbocycles. The van der Waals surface area contributed by atoms with Gasteiger partial charge in [0.1, 0.15) is 13.2 Å². The van der Waals surface area contributed by atoms with Crippen LogP contribution in [-0.4, -0.2) is 47.3 Å². The SMILES string of the molecule is O=C(O)CCCCCCCC(=O)OCC1(COC(=O)CCCCC(=O)O)CCCCC1. The van der Waals surface area contributed by atoms with Crippen molar-refractivity contribution < 1.29 is 38.9 Å². The third kappa shape index (κ3) is 13.7. The van der Waals surface area contributed by atoms with E-state index in [-0.39, 0.29) is 49.8 Å². The van der Waals surface area contributed by atoms with Gasteiger partial charge in [0.25, 0.3) is 0 Å². The van der Waals surface area contributed by atoms with Crippen molar-refractivity contribution in [1.82, 2.24) is 0 Å². The highest BCUT2D eigenvalue weighted by atomic mass is 16.5. The van der Waals surface area contributed by atoms with E-state index in [1.54, 1.807) is 0 Å². The van der Waals surface area contributed by atoms with Crippen LogP contribution < -0.4 is 0 Å². The van der Waals surface area contributed by atoms with E-state index in [0.717, 1.165) is 57.8 Å². The zero-order valence-electron chi connectivity index (χ0n) is 18.6. The van der Waals surface area contributed by atoms with Gasteiger partial charge in [-0.15, -0.1) is 0 Å². The van der Waals surface area contributed by atoms with Gasteiger partial charge < -0.3 is 19.7 Å². The number of aliphatic carboxylic acids is 2. The highest BCUT2D eigenvalue weighted by Gasteiger charge is 2.35. The van der Waals surface area contributed by atoms with E-state index < -0.39 is 11.9 Å². The van der Waals surface area contributed by atoms with E-state index in [2.05, 4.69) is 0 Å². The quantitative estimate of drug-likeness (QED) is 0.249. The largest absolute Gasteiger partial charge is 0.481 e. The normalized spacial score (nSPS) is 15.2. The van der Waals surface area contributed by atoms with Crippen LogP contribution in [-0.2, 0) is 28.7 Å². The van der Waals surface area contributed by atoms with Crippen LogP contribution in [0.5, 0.6) is 0 Å². The van der Waals surface area contributed by atoms with Gasteiger partial charge in [-0.05, 0) is 38.5 Å². The highest BCUT2D eigenvalue weighted by molar-refractivity contribution is 5.70. The van der Waals surface area contributed by atoms with Gasteiger partial charge in [0.2, 0.25) is 0 Å². The van der Waals surface area contributed by atoms with Crippen LogP contribution in [0.4, 0.5) is 0 Å². The number of rotatable bonds is 17. The minimum absolute atomic E-state index is 0.0511. The predicted molar refractivity (Wildman–Crippen MR) is 113 cm³/mol. The van der Waals surface area contributed by atoms with Crippen molar-refractivity contribution in [2.45, 2.75) is 103 Å². The second kappa shape index (κ2) is 15.6. The van der Waals surface area contributed by atoms with Gasteiger partial charge in [0.05, 0.1) is 0 Å². The summed E-state index contributed by atoms with van der Waals surface area (Å²) in [5.74, 6) is -2.21. The maximum atomic E-state index is 12.1. The van der Waals surface area contributed by atoms with Crippen molar-refractivity contribution in [2.24, 2.45) is 5.41 Å². The van der Waals surface area contributed by atoms with E-state index in [9.17, 15) is 19.2 Å². The van der Waals surface area contributed by atoms with Gasteiger partial charge in [0, 0.05) is 31.1 Å². The highest BCUT2D eigenvalue weighted by Crippen LogP contribution is 2.37. The maximum Gasteiger partial charge on any atom is 0.305 e. The van der Waals surface area contributed by atoms with Crippen LogP contribution in [0.2, 0.25) is 0 Å². The first kappa shape index (κ1) is 26.9. The molecule has 1 aliphatic rings. The second-order valence-corrected chi connectivity index (χ2v) is 8.64. The third-order valence-electron chi connectivity index (χ3n) is 5.79. The minimum atomic E-state index is -0.866. The minimum Gasteiger partial charge on any atom is -0.481 e. The number of carboxylic acid groups (broad SMARTS) is 2. The summed E-state index contributed by atoms with van der Waals surface area (Å²) in [5.41, 5.74) is -0.318. The van der Waals surface area contributed by atoms with Crippen LogP contribution in [0, 0.1) is 5.41 Å². The molecule has 8 heteroatoms. The summed E-state index contributed by atoms with van der Waals surface area (Å²) in [4.78, 5) is 45.1. The number of ether oxygens (including phenoxy) is 2. The van der Waals surface area contributed by atoms with Gasteiger partial charge in [-0.2, -0.15) is 0 Å². The first-order valence-corrected chi connectivity index (χ1v) is 11.6. The van der Waals surface area contributed by atoms with Crippen molar-refractivity contribution in [2.75, 3.05) is 13.2 Å². The van der Waals surface area contributed by atoms with Crippen molar-refractivity contribution in [1.29, 1.82) is 0 Å². The molecule has 0 saturated heterocycles. The van der Waals surface area contributed by atoms with E-state index >= 15 is 0 Å². The van der Waals surface area contributed by atoms with Gasteiger partial charge in [-0.3, -0.25) is 19.2 Å². The molecule has 2 N–H and O–H groups in total. The lowest BCUT2D eigenvalue weighted by molar-refractivity contribution is -0.156. The number of carbonyl (C=O) groups excluding carboxylic acids is 2. The molecule has 0 heterocycles. The molecule has 1 rings (SSSR count). The van der Waals surface area contributed by atoms with Crippen molar-refractivity contribution in [3.8, 4) is 0 Å². The molecule has 1 fully saturated rings. The Morgan fingerprint density at radius 3 is 1.45 bits per heavy atom. The number of unbranched alkanes of at least 4 members (excludes halogenated alkanes) is 5. The second-order valence-electron chi connectivity index (χ2n) is 8.64. The molecule has 0 aliphatic heterocycles. The fourth-order valence-electron chi connectivity index (χ4n) is 3.87. The summed E-state index contributed by atoms with van der Waals surface area (Å²) in [6.45, 7) is 0.498. The Morgan fingerprint density at radius 1 is 0.581 bits per heavy atom. The van der Waals surface area contributed by atoms with E-state index in [4.69, 9.17) is 19.7 Å². The molecule has 178 valence electrons. The molecule has 0 aromatic carbocycles. The van der Waals surface area contributed by atoms with E-state index in [1.807, 2.05) is 0 Å². The molecule has 31 heavy (non-hydrogen) atoms. The molecule has 0 aromatic heterocycles. The summed E-state index contributed by atoms with van der Waals surface area (Å²) in [6.07, 6.45) is 10.6. The number of carbonyl (C=O) groups is 4. The number of esters is 2. The van der Waals surface area contributed by atoms with Crippen molar-refractivity contribution >= 4 is 23.9 Å². The molecule has 0 amide bonds. The molecule has 0 aromatic rings. The fraction of sp³-hybridized carbons (Fsp3) is 0.826. The molecule has 0 bridgehead atoms. The Labute approximate surface area is 184 Å². The zero-order valence-corrected chi connectivity index (χ0v) is 18.6. The molecule has 0 atom stereocenters. The van der Waals surface area contributed by atoms with Crippen LogP contribution in [0.15, 0.2) is 0 Å².